The molecule has 1 atom stereocenters. The Kier molecular flexibility index (Phi) is 4.63. The Morgan fingerprint density at radius 2 is 1.88 bits per heavy atom. The zero-order valence-corrected chi connectivity index (χ0v) is 10.9. The van der Waals surface area contributed by atoms with Crippen molar-refractivity contribution in [1.29, 1.82) is 0 Å². The number of aliphatic hydroxyl groups is 1. The van der Waals surface area contributed by atoms with Crippen LogP contribution in [0.4, 0.5) is 5.69 Å². The van der Waals surface area contributed by atoms with Crippen LogP contribution in [-0.2, 0) is 0 Å². The van der Waals surface area contributed by atoms with Crippen molar-refractivity contribution >= 4 is 17.3 Å². The molecule has 0 aromatic heterocycles. The molecule has 1 unspecified atom stereocenters. The van der Waals surface area contributed by atoms with E-state index in [-0.39, 0.29) is 12.1 Å². The first-order valence-corrected chi connectivity index (χ1v) is 5.97. The zero-order chi connectivity index (χ0) is 12.2. The molecule has 1 rings (SSSR count). The van der Waals surface area contributed by atoms with Crippen molar-refractivity contribution in [2.24, 2.45) is 5.92 Å². The first-order valence-electron chi connectivity index (χ1n) is 5.60. The third-order valence-electron chi connectivity index (χ3n) is 2.50. The molecule has 0 amide bonds. The lowest BCUT2D eigenvalue weighted by Crippen LogP contribution is -2.40. The van der Waals surface area contributed by atoms with Crippen molar-refractivity contribution < 1.29 is 5.11 Å². The lowest BCUT2D eigenvalue weighted by atomic mass is 9.91. The molecule has 0 heterocycles. The lowest BCUT2D eigenvalue weighted by molar-refractivity contribution is 0.202. The predicted octanol–water partition coefficient (Wildman–Crippen LogP) is 3.55. The van der Waals surface area contributed by atoms with Crippen LogP contribution < -0.4 is 5.32 Å². The fourth-order valence-corrected chi connectivity index (χ4v) is 2.06. The molecule has 0 aliphatic heterocycles. The maximum Gasteiger partial charge on any atom is 0.0658 e. The fourth-order valence-electron chi connectivity index (χ4n) is 1.94. The predicted molar refractivity (Wildman–Crippen MR) is 70.0 cm³/mol. The molecule has 2 N–H and O–H groups in total. The standard InChI is InChI=1S/C13H20ClNO/c1-10(2)8-13(3,9-16)15-12-6-4-11(14)5-7-12/h4-7,10,15-16H,8-9H2,1-3H3. The van der Waals surface area contributed by atoms with Gasteiger partial charge in [0.25, 0.3) is 0 Å². The van der Waals surface area contributed by atoms with Crippen LogP contribution in [-0.4, -0.2) is 17.3 Å². The molecule has 1 aromatic carbocycles. The highest BCUT2D eigenvalue weighted by Gasteiger charge is 2.24. The summed E-state index contributed by atoms with van der Waals surface area (Å²) < 4.78 is 0. The summed E-state index contributed by atoms with van der Waals surface area (Å²) in [7, 11) is 0. The highest BCUT2D eigenvalue weighted by Crippen LogP contribution is 2.23. The van der Waals surface area contributed by atoms with E-state index in [0.29, 0.717) is 5.92 Å². The number of aliphatic hydroxyl groups excluding tert-OH is 1. The third-order valence-corrected chi connectivity index (χ3v) is 2.75. The van der Waals surface area contributed by atoms with Gasteiger partial charge in [-0.3, -0.25) is 0 Å². The Morgan fingerprint density at radius 3 is 2.31 bits per heavy atom. The lowest BCUT2D eigenvalue weighted by Gasteiger charge is -2.31. The molecule has 0 radical (unpaired) electrons. The van der Waals surface area contributed by atoms with Crippen molar-refractivity contribution in [1.82, 2.24) is 0 Å². The van der Waals surface area contributed by atoms with E-state index in [4.69, 9.17) is 11.6 Å². The van der Waals surface area contributed by atoms with Crippen LogP contribution >= 0.6 is 11.6 Å². The van der Waals surface area contributed by atoms with Crippen LogP contribution in [0.3, 0.4) is 0 Å². The molecule has 0 aliphatic carbocycles. The van der Waals surface area contributed by atoms with Crippen molar-refractivity contribution in [3.63, 3.8) is 0 Å². The van der Waals surface area contributed by atoms with Gasteiger partial charge in [-0.15, -0.1) is 0 Å². The fraction of sp³-hybridized carbons (Fsp3) is 0.538. The Bertz CT molecular complexity index is 323. The molecule has 2 nitrogen and oxygen atoms in total. The van der Waals surface area contributed by atoms with Gasteiger partial charge in [0, 0.05) is 10.7 Å². The number of rotatable bonds is 5. The van der Waals surface area contributed by atoms with Gasteiger partial charge in [0.2, 0.25) is 0 Å². The highest BCUT2D eigenvalue weighted by atomic mass is 35.5. The number of anilines is 1. The van der Waals surface area contributed by atoms with E-state index < -0.39 is 0 Å². The summed E-state index contributed by atoms with van der Waals surface area (Å²) in [5.41, 5.74) is 0.712. The van der Waals surface area contributed by atoms with Gasteiger partial charge >= 0.3 is 0 Å². The Labute approximate surface area is 103 Å². The molecule has 1 aromatic rings. The summed E-state index contributed by atoms with van der Waals surface area (Å²) >= 11 is 5.82. The first-order chi connectivity index (χ1) is 7.45. The van der Waals surface area contributed by atoms with Gasteiger partial charge in [-0.1, -0.05) is 25.4 Å². The molecule has 0 saturated heterocycles. The number of hydrogen-bond acceptors (Lipinski definition) is 2. The van der Waals surface area contributed by atoms with Crippen LogP contribution in [0, 0.1) is 5.92 Å². The highest BCUT2D eigenvalue weighted by molar-refractivity contribution is 6.30. The number of hydrogen-bond donors (Lipinski definition) is 2. The molecule has 16 heavy (non-hydrogen) atoms. The molecule has 0 bridgehead atoms. The average molecular weight is 242 g/mol. The minimum Gasteiger partial charge on any atom is -0.394 e. The monoisotopic (exact) mass is 241 g/mol. The molecule has 3 heteroatoms. The van der Waals surface area contributed by atoms with E-state index in [1.54, 1.807) is 0 Å². The van der Waals surface area contributed by atoms with Crippen molar-refractivity contribution in [3.05, 3.63) is 29.3 Å². The summed E-state index contributed by atoms with van der Waals surface area (Å²) in [4.78, 5) is 0. The van der Waals surface area contributed by atoms with Gasteiger partial charge in [0.15, 0.2) is 0 Å². The minimum absolute atomic E-state index is 0.119. The summed E-state index contributed by atoms with van der Waals surface area (Å²) in [6.45, 7) is 6.45. The second kappa shape index (κ2) is 5.55. The van der Waals surface area contributed by atoms with E-state index in [9.17, 15) is 5.11 Å². The first kappa shape index (κ1) is 13.3. The second-order valence-corrected chi connectivity index (χ2v) is 5.39. The summed E-state index contributed by atoms with van der Waals surface area (Å²) in [6, 6.07) is 7.54. The number of benzene rings is 1. The SMILES string of the molecule is CC(C)CC(C)(CO)Nc1ccc(Cl)cc1. The summed E-state index contributed by atoms with van der Waals surface area (Å²) in [5, 5.41) is 13.5. The van der Waals surface area contributed by atoms with E-state index in [1.807, 2.05) is 31.2 Å². The van der Waals surface area contributed by atoms with Crippen molar-refractivity contribution in [2.45, 2.75) is 32.7 Å². The Morgan fingerprint density at radius 1 is 1.31 bits per heavy atom. The summed E-state index contributed by atoms with van der Waals surface area (Å²) in [6.07, 6.45) is 0.923. The minimum atomic E-state index is -0.276. The Hall–Kier alpha value is -0.730. The number of nitrogens with one attached hydrogen (secondary N) is 1. The summed E-state index contributed by atoms with van der Waals surface area (Å²) in [5.74, 6) is 0.539. The van der Waals surface area contributed by atoms with Crippen LogP contribution in [0.5, 0.6) is 0 Å². The molecule has 0 saturated carbocycles. The second-order valence-electron chi connectivity index (χ2n) is 4.95. The maximum atomic E-state index is 9.46. The molecule has 0 aliphatic rings. The van der Waals surface area contributed by atoms with E-state index in [2.05, 4.69) is 19.2 Å². The zero-order valence-electron chi connectivity index (χ0n) is 10.1. The van der Waals surface area contributed by atoms with Crippen LogP contribution in [0.1, 0.15) is 27.2 Å². The Balaban J connectivity index is 2.72. The van der Waals surface area contributed by atoms with Crippen LogP contribution in [0.25, 0.3) is 0 Å². The largest absolute Gasteiger partial charge is 0.394 e. The molecule has 0 fully saturated rings. The molecular weight excluding hydrogens is 222 g/mol. The normalized spacial score (nSPS) is 14.9. The van der Waals surface area contributed by atoms with Gasteiger partial charge in [-0.2, -0.15) is 0 Å². The average Bonchev–Trinajstić information content (AvgIpc) is 2.20. The topological polar surface area (TPSA) is 32.3 Å². The smallest absolute Gasteiger partial charge is 0.0658 e. The quantitative estimate of drug-likeness (QED) is 0.827. The van der Waals surface area contributed by atoms with E-state index >= 15 is 0 Å². The molecule has 0 spiro atoms. The van der Waals surface area contributed by atoms with Crippen LogP contribution in [0.15, 0.2) is 24.3 Å². The third kappa shape index (κ3) is 4.03. The van der Waals surface area contributed by atoms with Crippen molar-refractivity contribution in [3.8, 4) is 0 Å². The van der Waals surface area contributed by atoms with Gasteiger partial charge in [0.05, 0.1) is 12.1 Å². The van der Waals surface area contributed by atoms with Crippen molar-refractivity contribution in [2.75, 3.05) is 11.9 Å². The van der Waals surface area contributed by atoms with Gasteiger partial charge < -0.3 is 10.4 Å². The van der Waals surface area contributed by atoms with Gasteiger partial charge in [-0.05, 0) is 43.5 Å². The molecular formula is C13H20ClNO. The maximum absolute atomic E-state index is 9.46. The van der Waals surface area contributed by atoms with E-state index in [1.165, 1.54) is 0 Å². The number of halogens is 1. The van der Waals surface area contributed by atoms with Gasteiger partial charge in [-0.25, -0.2) is 0 Å². The molecule has 90 valence electrons. The van der Waals surface area contributed by atoms with Gasteiger partial charge in [0.1, 0.15) is 0 Å². The van der Waals surface area contributed by atoms with E-state index in [0.717, 1.165) is 17.1 Å². The van der Waals surface area contributed by atoms with Crippen LogP contribution in [0.2, 0.25) is 5.02 Å².